The molecule has 0 saturated heterocycles. The first-order valence-corrected chi connectivity index (χ1v) is 5.95. The second-order valence-corrected chi connectivity index (χ2v) is 5.03. The summed E-state index contributed by atoms with van der Waals surface area (Å²) in [5.74, 6) is 0.742. The average molecular weight is 203 g/mol. The fraction of sp³-hybridized carbons (Fsp3) is 0.333. The van der Waals surface area contributed by atoms with E-state index in [9.17, 15) is 0 Å². The molecular formula is C12H13NS. The third-order valence-corrected chi connectivity index (χ3v) is 3.89. The van der Waals surface area contributed by atoms with Crippen molar-refractivity contribution in [3.63, 3.8) is 0 Å². The van der Waals surface area contributed by atoms with E-state index in [0.717, 1.165) is 5.92 Å². The molecule has 1 fully saturated rings. The highest BCUT2D eigenvalue weighted by atomic mass is 32.1. The molecule has 1 nitrogen and oxygen atoms in total. The quantitative estimate of drug-likeness (QED) is 0.796. The molecule has 14 heavy (non-hydrogen) atoms. The van der Waals surface area contributed by atoms with E-state index in [1.165, 1.54) is 28.5 Å². The molecule has 1 aliphatic rings. The Bertz CT molecular complexity index is 456. The summed E-state index contributed by atoms with van der Waals surface area (Å²) in [5.41, 5.74) is 7.47. The molecule has 2 aromatic rings. The largest absolute Gasteiger partial charge is 0.324 e. The molecule has 2 N–H and O–H groups in total. The van der Waals surface area contributed by atoms with Crippen LogP contribution in [0.4, 0.5) is 0 Å². The maximum absolute atomic E-state index is 6.16. The van der Waals surface area contributed by atoms with E-state index >= 15 is 0 Å². The van der Waals surface area contributed by atoms with Gasteiger partial charge in [0.05, 0.1) is 0 Å². The Labute approximate surface area is 87.5 Å². The number of hydrogen-bond acceptors (Lipinski definition) is 2. The lowest BCUT2D eigenvalue weighted by molar-refractivity contribution is 0.634. The Morgan fingerprint density at radius 2 is 2.14 bits per heavy atom. The van der Waals surface area contributed by atoms with Crippen molar-refractivity contribution in [2.24, 2.45) is 11.7 Å². The Hall–Kier alpha value is -0.860. The van der Waals surface area contributed by atoms with Crippen molar-refractivity contribution < 1.29 is 0 Å². The van der Waals surface area contributed by atoms with Crippen LogP contribution in [0, 0.1) is 5.92 Å². The molecule has 2 heteroatoms. The van der Waals surface area contributed by atoms with Crippen LogP contribution in [-0.2, 0) is 0 Å². The van der Waals surface area contributed by atoms with E-state index in [-0.39, 0.29) is 6.04 Å². The first-order valence-electron chi connectivity index (χ1n) is 5.07. The molecule has 0 radical (unpaired) electrons. The molecule has 1 aliphatic carbocycles. The second kappa shape index (κ2) is 3.07. The van der Waals surface area contributed by atoms with Gasteiger partial charge in [0.1, 0.15) is 0 Å². The van der Waals surface area contributed by atoms with Crippen LogP contribution in [0.2, 0.25) is 0 Å². The molecule has 3 rings (SSSR count). The van der Waals surface area contributed by atoms with Crippen LogP contribution in [0.5, 0.6) is 0 Å². The monoisotopic (exact) mass is 203 g/mol. The van der Waals surface area contributed by atoms with Crippen molar-refractivity contribution in [2.75, 3.05) is 0 Å². The molecule has 1 saturated carbocycles. The van der Waals surface area contributed by atoms with Crippen molar-refractivity contribution in [2.45, 2.75) is 18.9 Å². The molecular weight excluding hydrogens is 190 g/mol. The minimum atomic E-state index is 0.263. The molecule has 1 heterocycles. The van der Waals surface area contributed by atoms with E-state index in [1.807, 2.05) is 0 Å². The van der Waals surface area contributed by atoms with Gasteiger partial charge in [-0.2, -0.15) is 0 Å². The van der Waals surface area contributed by atoms with Crippen molar-refractivity contribution in [3.05, 3.63) is 35.2 Å². The van der Waals surface area contributed by atoms with Crippen LogP contribution < -0.4 is 5.73 Å². The van der Waals surface area contributed by atoms with E-state index in [1.54, 1.807) is 11.3 Å². The SMILES string of the molecule is N[C@@H](c1ccc2sccc2c1)C1CC1. The molecule has 0 spiro atoms. The number of rotatable bonds is 2. The summed E-state index contributed by atoms with van der Waals surface area (Å²) in [6.07, 6.45) is 2.62. The summed E-state index contributed by atoms with van der Waals surface area (Å²) < 4.78 is 1.36. The molecule has 1 aromatic carbocycles. The van der Waals surface area contributed by atoms with Gasteiger partial charge < -0.3 is 5.73 Å². The Balaban J connectivity index is 2.03. The van der Waals surface area contributed by atoms with E-state index in [4.69, 9.17) is 5.73 Å². The van der Waals surface area contributed by atoms with Crippen LogP contribution in [0.1, 0.15) is 24.4 Å². The molecule has 0 unspecified atom stereocenters. The lowest BCUT2D eigenvalue weighted by Gasteiger charge is -2.10. The molecule has 0 bridgehead atoms. The average Bonchev–Trinajstić information content (AvgIpc) is 2.95. The minimum absolute atomic E-state index is 0.263. The van der Waals surface area contributed by atoms with Gasteiger partial charge >= 0.3 is 0 Å². The molecule has 0 aliphatic heterocycles. The Morgan fingerprint density at radius 1 is 1.29 bits per heavy atom. The summed E-state index contributed by atoms with van der Waals surface area (Å²) in [5, 5.41) is 3.47. The topological polar surface area (TPSA) is 26.0 Å². The van der Waals surface area contributed by atoms with Crippen molar-refractivity contribution >= 4 is 21.4 Å². The summed E-state index contributed by atoms with van der Waals surface area (Å²) >= 11 is 1.79. The maximum Gasteiger partial charge on any atom is 0.0342 e. The molecule has 1 atom stereocenters. The Kier molecular flexibility index (Phi) is 1.85. The van der Waals surface area contributed by atoms with Crippen LogP contribution in [0.25, 0.3) is 10.1 Å². The number of hydrogen-bond donors (Lipinski definition) is 1. The highest BCUT2D eigenvalue weighted by Crippen LogP contribution is 2.40. The van der Waals surface area contributed by atoms with E-state index < -0.39 is 0 Å². The third-order valence-electron chi connectivity index (χ3n) is 2.99. The first-order chi connectivity index (χ1) is 6.84. The fourth-order valence-electron chi connectivity index (χ4n) is 1.92. The second-order valence-electron chi connectivity index (χ2n) is 4.08. The summed E-state index contributed by atoms with van der Waals surface area (Å²) in [6.45, 7) is 0. The summed E-state index contributed by atoms with van der Waals surface area (Å²) in [4.78, 5) is 0. The predicted molar refractivity (Wildman–Crippen MR) is 61.5 cm³/mol. The number of nitrogens with two attached hydrogens (primary N) is 1. The lowest BCUT2D eigenvalue weighted by atomic mass is 10.0. The van der Waals surface area contributed by atoms with Gasteiger partial charge in [0, 0.05) is 10.7 Å². The summed E-state index contributed by atoms with van der Waals surface area (Å²) in [7, 11) is 0. The van der Waals surface area contributed by atoms with Crippen LogP contribution in [-0.4, -0.2) is 0 Å². The van der Waals surface area contributed by atoms with Gasteiger partial charge in [-0.1, -0.05) is 6.07 Å². The maximum atomic E-state index is 6.16. The van der Waals surface area contributed by atoms with Crippen LogP contribution in [0.3, 0.4) is 0 Å². The number of thiophene rings is 1. The first kappa shape index (κ1) is 8.45. The van der Waals surface area contributed by atoms with E-state index in [0.29, 0.717) is 0 Å². The zero-order chi connectivity index (χ0) is 9.54. The van der Waals surface area contributed by atoms with Gasteiger partial charge in [-0.15, -0.1) is 11.3 Å². The molecule has 0 amide bonds. The summed E-state index contributed by atoms with van der Waals surface area (Å²) in [6, 6.07) is 9.05. The lowest BCUT2D eigenvalue weighted by Crippen LogP contribution is -2.11. The minimum Gasteiger partial charge on any atom is -0.324 e. The highest BCUT2D eigenvalue weighted by Gasteiger charge is 2.29. The third kappa shape index (κ3) is 1.35. The predicted octanol–water partition coefficient (Wildman–Crippen LogP) is 3.31. The van der Waals surface area contributed by atoms with Gasteiger partial charge in [0.15, 0.2) is 0 Å². The smallest absolute Gasteiger partial charge is 0.0342 e. The molecule has 72 valence electrons. The van der Waals surface area contributed by atoms with Crippen molar-refractivity contribution in [3.8, 4) is 0 Å². The fourth-order valence-corrected chi connectivity index (χ4v) is 2.69. The zero-order valence-corrected chi connectivity index (χ0v) is 8.76. The zero-order valence-electron chi connectivity index (χ0n) is 7.94. The van der Waals surface area contributed by atoms with Crippen molar-refractivity contribution in [1.29, 1.82) is 0 Å². The van der Waals surface area contributed by atoms with Gasteiger partial charge in [-0.3, -0.25) is 0 Å². The van der Waals surface area contributed by atoms with E-state index in [2.05, 4.69) is 29.6 Å². The van der Waals surface area contributed by atoms with Gasteiger partial charge in [-0.25, -0.2) is 0 Å². The van der Waals surface area contributed by atoms with Crippen molar-refractivity contribution in [1.82, 2.24) is 0 Å². The van der Waals surface area contributed by atoms with Crippen LogP contribution in [0.15, 0.2) is 29.6 Å². The standard InChI is InChI=1S/C12H13NS/c13-12(8-1-2-8)10-3-4-11-9(7-10)5-6-14-11/h3-8,12H,1-2,13H2/t12-/m1/s1. The number of benzene rings is 1. The Morgan fingerprint density at radius 3 is 2.93 bits per heavy atom. The highest BCUT2D eigenvalue weighted by molar-refractivity contribution is 7.17. The molecule has 1 aromatic heterocycles. The van der Waals surface area contributed by atoms with Gasteiger partial charge in [0.2, 0.25) is 0 Å². The number of fused-ring (bicyclic) bond motifs is 1. The van der Waals surface area contributed by atoms with Gasteiger partial charge in [-0.05, 0) is 53.3 Å². The normalized spacial score (nSPS) is 18.6. The van der Waals surface area contributed by atoms with Gasteiger partial charge in [0.25, 0.3) is 0 Å². The van der Waals surface area contributed by atoms with Crippen LogP contribution >= 0.6 is 11.3 Å².